The van der Waals surface area contributed by atoms with Gasteiger partial charge in [0.2, 0.25) is 0 Å². The van der Waals surface area contributed by atoms with Gasteiger partial charge in [-0.05, 0) is 43.3 Å². The Labute approximate surface area is 165 Å². The summed E-state index contributed by atoms with van der Waals surface area (Å²) in [6.07, 6.45) is 1.67. The highest BCUT2D eigenvalue weighted by Gasteiger charge is 2.17. The summed E-state index contributed by atoms with van der Waals surface area (Å²) >= 11 is 0. The molecule has 6 heteroatoms. The van der Waals surface area contributed by atoms with Gasteiger partial charge >= 0.3 is 0 Å². The molecule has 0 unspecified atom stereocenters. The third-order valence-electron chi connectivity index (χ3n) is 5.27. The van der Waals surface area contributed by atoms with E-state index in [1.54, 1.807) is 10.9 Å². The first-order valence-electron chi connectivity index (χ1n) is 9.89. The van der Waals surface area contributed by atoms with Crippen LogP contribution in [0.4, 0.5) is 5.69 Å². The molecular weight excluding hydrogens is 352 g/mol. The molecule has 1 aromatic heterocycles. The Morgan fingerprint density at radius 3 is 2.46 bits per heavy atom. The second-order valence-corrected chi connectivity index (χ2v) is 7.02. The predicted molar refractivity (Wildman–Crippen MR) is 112 cm³/mol. The number of benzene rings is 2. The van der Waals surface area contributed by atoms with Crippen LogP contribution in [0, 0.1) is 0 Å². The van der Waals surface area contributed by atoms with Crippen molar-refractivity contribution in [2.75, 3.05) is 44.2 Å². The summed E-state index contributed by atoms with van der Waals surface area (Å²) < 4.78 is 7.24. The average Bonchev–Trinajstić information content (AvgIpc) is 2.75. The first-order valence-corrected chi connectivity index (χ1v) is 9.89. The van der Waals surface area contributed by atoms with Crippen molar-refractivity contribution < 1.29 is 4.74 Å². The molecule has 0 spiro atoms. The van der Waals surface area contributed by atoms with Crippen LogP contribution in [-0.4, -0.2) is 53.8 Å². The van der Waals surface area contributed by atoms with E-state index < -0.39 is 0 Å². The lowest BCUT2D eigenvalue weighted by atomic mass is 10.2. The van der Waals surface area contributed by atoms with Crippen LogP contribution >= 0.6 is 0 Å². The fraction of sp³-hybridized carbons (Fsp3) is 0.364. The van der Waals surface area contributed by atoms with E-state index >= 15 is 0 Å². The Morgan fingerprint density at radius 2 is 1.71 bits per heavy atom. The van der Waals surface area contributed by atoms with Gasteiger partial charge in [0.15, 0.2) is 0 Å². The molecule has 0 atom stereocenters. The zero-order valence-electron chi connectivity index (χ0n) is 16.3. The van der Waals surface area contributed by atoms with E-state index in [4.69, 9.17) is 4.74 Å². The molecule has 1 saturated heterocycles. The Kier molecular flexibility index (Phi) is 5.58. The molecule has 4 rings (SSSR count). The molecule has 0 aliphatic carbocycles. The topological polar surface area (TPSA) is 50.6 Å². The molecule has 1 aliphatic heterocycles. The lowest BCUT2D eigenvalue weighted by Crippen LogP contribution is -2.47. The number of nitrogens with zero attached hydrogens (tertiary/aromatic N) is 4. The van der Waals surface area contributed by atoms with Gasteiger partial charge in [-0.25, -0.2) is 4.98 Å². The second-order valence-electron chi connectivity index (χ2n) is 7.02. The van der Waals surface area contributed by atoms with Crippen LogP contribution in [0.25, 0.3) is 10.9 Å². The fourth-order valence-electron chi connectivity index (χ4n) is 3.66. The fourth-order valence-corrected chi connectivity index (χ4v) is 3.66. The maximum Gasteiger partial charge on any atom is 0.261 e. The van der Waals surface area contributed by atoms with Crippen molar-refractivity contribution in [2.24, 2.45) is 0 Å². The Bertz CT molecular complexity index is 976. The quantitative estimate of drug-likeness (QED) is 0.660. The summed E-state index contributed by atoms with van der Waals surface area (Å²) in [6.45, 7) is 8.16. The summed E-state index contributed by atoms with van der Waals surface area (Å²) in [5, 5.41) is 0.685. The summed E-state index contributed by atoms with van der Waals surface area (Å²) in [5.74, 6) is 0.916. The average molecular weight is 378 g/mol. The van der Waals surface area contributed by atoms with E-state index in [0.717, 1.165) is 44.0 Å². The van der Waals surface area contributed by atoms with Crippen molar-refractivity contribution >= 4 is 16.6 Å². The lowest BCUT2D eigenvalue weighted by Gasteiger charge is -2.36. The third-order valence-corrected chi connectivity index (χ3v) is 5.27. The summed E-state index contributed by atoms with van der Waals surface area (Å²) in [6, 6.07) is 15.8. The number of fused-ring (bicyclic) bond motifs is 1. The van der Waals surface area contributed by atoms with Gasteiger partial charge in [-0.3, -0.25) is 14.3 Å². The molecule has 1 aliphatic rings. The van der Waals surface area contributed by atoms with Crippen LogP contribution in [0.3, 0.4) is 0 Å². The lowest BCUT2D eigenvalue weighted by molar-refractivity contribution is 0.247. The van der Waals surface area contributed by atoms with Crippen LogP contribution in [0.1, 0.15) is 6.92 Å². The number of anilines is 1. The Morgan fingerprint density at radius 1 is 0.964 bits per heavy atom. The van der Waals surface area contributed by atoms with Crippen LogP contribution in [0.5, 0.6) is 5.75 Å². The highest BCUT2D eigenvalue weighted by molar-refractivity contribution is 5.76. The Balaban J connectivity index is 1.32. The summed E-state index contributed by atoms with van der Waals surface area (Å²) in [4.78, 5) is 21.8. The van der Waals surface area contributed by atoms with Crippen LogP contribution in [0.15, 0.2) is 59.7 Å². The summed E-state index contributed by atoms with van der Waals surface area (Å²) in [7, 11) is 0. The van der Waals surface area contributed by atoms with E-state index in [0.29, 0.717) is 18.5 Å². The van der Waals surface area contributed by atoms with Gasteiger partial charge < -0.3 is 9.64 Å². The normalized spacial score (nSPS) is 15.1. The minimum absolute atomic E-state index is 0.0404. The maximum absolute atomic E-state index is 12.6. The zero-order valence-corrected chi connectivity index (χ0v) is 16.3. The van der Waals surface area contributed by atoms with Gasteiger partial charge in [-0.1, -0.05) is 12.1 Å². The van der Waals surface area contributed by atoms with Gasteiger partial charge in [-0.15, -0.1) is 0 Å². The van der Waals surface area contributed by atoms with Crippen molar-refractivity contribution in [1.82, 2.24) is 14.5 Å². The number of ether oxygens (including phenoxy) is 1. The smallest absolute Gasteiger partial charge is 0.261 e. The molecule has 0 N–H and O–H groups in total. The maximum atomic E-state index is 12.6. The molecule has 6 nitrogen and oxygen atoms in total. The molecule has 0 radical (unpaired) electrons. The highest BCUT2D eigenvalue weighted by Crippen LogP contribution is 2.20. The molecular formula is C22H26N4O2. The number of para-hydroxylation sites is 1. The Hall–Kier alpha value is -2.86. The van der Waals surface area contributed by atoms with Crippen molar-refractivity contribution in [3.8, 4) is 5.75 Å². The third kappa shape index (κ3) is 4.02. The number of hydrogen-bond acceptors (Lipinski definition) is 5. The molecule has 3 aromatic rings. The van der Waals surface area contributed by atoms with Gasteiger partial charge in [0, 0.05) is 45.0 Å². The van der Waals surface area contributed by atoms with Crippen LogP contribution in [0.2, 0.25) is 0 Å². The van der Waals surface area contributed by atoms with Gasteiger partial charge in [0.1, 0.15) is 5.75 Å². The van der Waals surface area contributed by atoms with Gasteiger partial charge in [-0.2, -0.15) is 0 Å². The van der Waals surface area contributed by atoms with Crippen molar-refractivity contribution in [2.45, 2.75) is 13.5 Å². The molecule has 2 heterocycles. The standard InChI is InChI=1S/C22H26N4O2/c1-2-28-19-9-7-18(8-10-19)25-14-11-24(12-15-25)13-16-26-17-23-21-6-4-3-5-20(21)22(26)27/h3-10,17H,2,11-16H2,1H3. The molecule has 146 valence electrons. The molecule has 0 bridgehead atoms. The number of hydrogen-bond donors (Lipinski definition) is 0. The van der Waals surface area contributed by atoms with Gasteiger partial charge in [0.05, 0.1) is 23.8 Å². The summed E-state index contributed by atoms with van der Waals surface area (Å²) in [5.41, 5.74) is 2.03. The molecule has 0 saturated carbocycles. The van der Waals surface area contributed by atoms with Crippen molar-refractivity contribution in [3.63, 3.8) is 0 Å². The van der Waals surface area contributed by atoms with Crippen molar-refractivity contribution in [1.29, 1.82) is 0 Å². The van der Waals surface area contributed by atoms with Gasteiger partial charge in [0.25, 0.3) is 5.56 Å². The number of rotatable bonds is 6. The van der Waals surface area contributed by atoms with E-state index in [9.17, 15) is 4.79 Å². The van der Waals surface area contributed by atoms with Crippen LogP contribution < -0.4 is 15.2 Å². The predicted octanol–water partition coefficient (Wildman–Crippen LogP) is 2.62. The second kappa shape index (κ2) is 8.44. The SMILES string of the molecule is CCOc1ccc(N2CCN(CCn3cnc4ccccc4c3=O)CC2)cc1. The highest BCUT2D eigenvalue weighted by atomic mass is 16.5. The molecule has 1 fully saturated rings. The molecule has 28 heavy (non-hydrogen) atoms. The molecule has 0 amide bonds. The van der Waals surface area contributed by atoms with Crippen molar-refractivity contribution in [3.05, 3.63) is 65.2 Å². The first kappa shape index (κ1) is 18.5. The minimum Gasteiger partial charge on any atom is -0.494 e. The van der Waals surface area contributed by atoms with E-state index in [-0.39, 0.29) is 5.56 Å². The number of piperazine rings is 1. The number of aromatic nitrogens is 2. The monoisotopic (exact) mass is 378 g/mol. The largest absolute Gasteiger partial charge is 0.494 e. The van der Waals surface area contributed by atoms with E-state index in [2.05, 4.69) is 26.9 Å². The molecule has 2 aromatic carbocycles. The van der Waals surface area contributed by atoms with E-state index in [1.165, 1.54) is 5.69 Å². The van der Waals surface area contributed by atoms with Crippen LogP contribution in [-0.2, 0) is 6.54 Å². The zero-order chi connectivity index (χ0) is 19.3. The minimum atomic E-state index is 0.0404. The van der Waals surface area contributed by atoms with E-state index in [1.807, 2.05) is 43.3 Å². The first-order chi connectivity index (χ1) is 13.7.